The zero-order chi connectivity index (χ0) is 15.5. The Balaban J connectivity index is 1.92. The fourth-order valence-corrected chi connectivity index (χ4v) is 3.71. The molecule has 3 N–H and O–H groups in total. The van der Waals surface area contributed by atoms with Crippen LogP contribution in [0.1, 0.15) is 19.4 Å². The average molecular weight is 323 g/mol. The molecule has 1 aromatic carbocycles. The van der Waals surface area contributed by atoms with Gasteiger partial charge in [-0.05, 0) is 26.0 Å². The predicted octanol–water partition coefficient (Wildman–Crippen LogP) is 2.09. The highest BCUT2D eigenvalue weighted by Crippen LogP contribution is 2.29. The maximum atomic E-state index is 12.1. The second-order valence-corrected chi connectivity index (χ2v) is 8.05. The number of amides is 1. The summed E-state index contributed by atoms with van der Waals surface area (Å²) < 4.78 is 0.212. The molecular weight excluding hydrogens is 302 g/mol. The molecule has 0 atom stereocenters. The van der Waals surface area contributed by atoms with Crippen LogP contribution in [0.25, 0.3) is 0 Å². The van der Waals surface area contributed by atoms with Gasteiger partial charge in [-0.1, -0.05) is 24.4 Å². The van der Waals surface area contributed by atoms with E-state index in [1.165, 1.54) is 0 Å². The second-order valence-electron chi connectivity index (χ2n) is 5.81. The number of rotatable bonds is 4. The van der Waals surface area contributed by atoms with Gasteiger partial charge in [-0.15, -0.1) is 0 Å². The standard InChI is InChI=1S/C15H21N3OS2/c1-15(2)10-18(6-7-21-15)9-13(19)17-12-5-3-4-11(8-12)14(16)20/h3-5,8H,6-7,9-10H2,1-2H3,(H2,16,20)(H,17,19). The van der Waals surface area contributed by atoms with Crippen molar-refractivity contribution in [3.8, 4) is 0 Å². The van der Waals surface area contributed by atoms with Crippen molar-refractivity contribution in [3.05, 3.63) is 29.8 Å². The maximum absolute atomic E-state index is 12.1. The van der Waals surface area contributed by atoms with E-state index in [1.807, 2.05) is 30.0 Å². The molecule has 0 aliphatic carbocycles. The Kier molecular flexibility index (Phi) is 5.24. The monoisotopic (exact) mass is 323 g/mol. The summed E-state index contributed by atoms with van der Waals surface area (Å²) >= 11 is 6.90. The van der Waals surface area contributed by atoms with E-state index >= 15 is 0 Å². The van der Waals surface area contributed by atoms with Crippen LogP contribution >= 0.6 is 24.0 Å². The number of anilines is 1. The van der Waals surface area contributed by atoms with Crippen LogP contribution in [-0.4, -0.2) is 45.9 Å². The van der Waals surface area contributed by atoms with Gasteiger partial charge in [0.2, 0.25) is 5.91 Å². The maximum Gasteiger partial charge on any atom is 0.238 e. The first-order chi connectivity index (χ1) is 9.85. The lowest BCUT2D eigenvalue weighted by molar-refractivity contribution is -0.117. The SMILES string of the molecule is CC1(C)CN(CC(=O)Nc2cccc(C(N)=S)c2)CCS1. The number of benzene rings is 1. The Morgan fingerprint density at radius 1 is 1.52 bits per heavy atom. The van der Waals surface area contributed by atoms with Crippen LogP contribution in [0.2, 0.25) is 0 Å². The summed E-state index contributed by atoms with van der Waals surface area (Å²) in [6.07, 6.45) is 0. The van der Waals surface area contributed by atoms with E-state index in [4.69, 9.17) is 18.0 Å². The smallest absolute Gasteiger partial charge is 0.238 e. The fourth-order valence-electron chi connectivity index (χ4n) is 2.40. The summed E-state index contributed by atoms with van der Waals surface area (Å²) in [4.78, 5) is 14.7. The van der Waals surface area contributed by atoms with E-state index in [0.29, 0.717) is 11.5 Å². The molecular formula is C15H21N3OS2. The van der Waals surface area contributed by atoms with Crippen molar-refractivity contribution in [1.82, 2.24) is 4.90 Å². The lowest BCUT2D eigenvalue weighted by atomic mass is 10.2. The van der Waals surface area contributed by atoms with Crippen molar-refractivity contribution in [2.75, 3.05) is 30.7 Å². The van der Waals surface area contributed by atoms with Gasteiger partial charge in [-0.3, -0.25) is 9.69 Å². The van der Waals surface area contributed by atoms with Crippen molar-refractivity contribution in [2.24, 2.45) is 5.73 Å². The molecule has 1 aromatic rings. The van der Waals surface area contributed by atoms with Gasteiger partial charge in [0.05, 0.1) is 6.54 Å². The molecule has 1 aliphatic heterocycles. The van der Waals surface area contributed by atoms with Gasteiger partial charge in [0.25, 0.3) is 0 Å². The Bertz CT molecular complexity index is 545. The minimum absolute atomic E-state index is 0.00205. The van der Waals surface area contributed by atoms with Crippen molar-refractivity contribution in [2.45, 2.75) is 18.6 Å². The molecule has 0 radical (unpaired) electrons. The molecule has 1 amide bonds. The Labute approximate surface area is 135 Å². The van der Waals surface area contributed by atoms with Gasteiger partial charge in [0.15, 0.2) is 0 Å². The van der Waals surface area contributed by atoms with Gasteiger partial charge in [0, 0.05) is 34.8 Å². The molecule has 0 saturated carbocycles. The van der Waals surface area contributed by atoms with E-state index < -0.39 is 0 Å². The van der Waals surface area contributed by atoms with Crippen molar-refractivity contribution in [1.29, 1.82) is 0 Å². The topological polar surface area (TPSA) is 58.4 Å². The average Bonchev–Trinajstić information content (AvgIpc) is 2.37. The number of carbonyl (C=O) groups is 1. The number of nitrogens with zero attached hydrogens (tertiary/aromatic N) is 1. The molecule has 0 spiro atoms. The zero-order valence-electron chi connectivity index (χ0n) is 12.4. The van der Waals surface area contributed by atoms with Crippen LogP contribution in [0, 0.1) is 0 Å². The van der Waals surface area contributed by atoms with E-state index in [9.17, 15) is 4.79 Å². The van der Waals surface area contributed by atoms with Crippen LogP contribution in [0.5, 0.6) is 0 Å². The molecule has 1 saturated heterocycles. The number of nitrogens with one attached hydrogen (secondary N) is 1. The molecule has 1 heterocycles. The zero-order valence-corrected chi connectivity index (χ0v) is 14.0. The van der Waals surface area contributed by atoms with Crippen molar-refractivity contribution in [3.63, 3.8) is 0 Å². The number of carbonyl (C=O) groups excluding carboxylic acids is 1. The molecule has 0 unspecified atom stereocenters. The van der Waals surface area contributed by atoms with Gasteiger partial charge in [-0.25, -0.2) is 0 Å². The van der Waals surface area contributed by atoms with Crippen molar-refractivity contribution >= 4 is 40.6 Å². The molecule has 21 heavy (non-hydrogen) atoms. The second kappa shape index (κ2) is 6.77. The summed E-state index contributed by atoms with van der Waals surface area (Å²) in [7, 11) is 0. The van der Waals surface area contributed by atoms with E-state index in [1.54, 1.807) is 6.07 Å². The molecule has 4 nitrogen and oxygen atoms in total. The Morgan fingerprint density at radius 3 is 2.95 bits per heavy atom. The summed E-state index contributed by atoms with van der Waals surface area (Å²) in [6.45, 7) is 6.73. The predicted molar refractivity (Wildman–Crippen MR) is 93.9 cm³/mol. The normalized spacial score (nSPS) is 18.2. The quantitative estimate of drug-likeness (QED) is 0.831. The summed E-state index contributed by atoms with van der Waals surface area (Å²) in [5, 5.41) is 2.91. The Morgan fingerprint density at radius 2 is 2.29 bits per heavy atom. The molecule has 2 rings (SSSR count). The van der Waals surface area contributed by atoms with Crippen LogP contribution in [0.3, 0.4) is 0 Å². The lowest BCUT2D eigenvalue weighted by Crippen LogP contribution is -2.46. The number of hydrogen-bond acceptors (Lipinski definition) is 4. The molecule has 0 bridgehead atoms. The third-order valence-electron chi connectivity index (χ3n) is 3.30. The number of hydrogen-bond donors (Lipinski definition) is 2. The largest absolute Gasteiger partial charge is 0.389 e. The number of nitrogens with two attached hydrogens (primary N) is 1. The van der Waals surface area contributed by atoms with E-state index in [2.05, 4.69) is 24.1 Å². The van der Waals surface area contributed by atoms with Gasteiger partial charge in [-0.2, -0.15) is 11.8 Å². The summed E-state index contributed by atoms with van der Waals surface area (Å²) in [5.41, 5.74) is 7.10. The fraction of sp³-hybridized carbons (Fsp3) is 0.467. The first-order valence-electron chi connectivity index (χ1n) is 6.92. The highest BCUT2D eigenvalue weighted by Gasteiger charge is 2.27. The third-order valence-corrected chi connectivity index (χ3v) is 4.84. The summed E-state index contributed by atoms with van der Waals surface area (Å²) in [5.74, 6) is 1.06. The van der Waals surface area contributed by atoms with Crippen LogP contribution in [0.4, 0.5) is 5.69 Å². The number of thiocarbonyl (C=S) groups is 1. The van der Waals surface area contributed by atoms with Crippen LogP contribution in [0.15, 0.2) is 24.3 Å². The molecule has 114 valence electrons. The van der Waals surface area contributed by atoms with Gasteiger partial charge < -0.3 is 11.1 Å². The Hall–Kier alpha value is -1.11. The third kappa shape index (κ3) is 4.98. The highest BCUT2D eigenvalue weighted by molar-refractivity contribution is 8.00. The van der Waals surface area contributed by atoms with Gasteiger partial charge in [0.1, 0.15) is 4.99 Å². The summed E-state index contributed by atoms with van der Waals surface area (Å²) in [6, 6.07) is 7.32. The minimum Gasteiger partial charge on any atom is -0.389 e. The lowest BCUT2D eigenvalue weighted by Gasteiger charge is -2.37. The minimum atomic E-state index is -0.00205. The van der Waals surface area contributed by atoms with Crippen LogP contribution < -0.4 is 11.1 Å². The van der Waals surface area contributed by atoms with Crippen molar-refractivity contribution < 1.29 is 4.79 Å². The molecule has 6 heteroatoms. The highest BCUT2D eigenvalue weighted by atomic mass is 32.2. The first-order valence-corrected chi connectivity index (χ1v) is 8.31. The molecule has 1 fully saturated rings. The molecule has 0 aromatic heterocycles. The van der Waals surface area contributed by atoms with E-state index in [0.717, 1.165) is 30.1 Å². The molecule has 1 aliphatic rings. The number of thioether (sulfide) groups is 1. The first kappa shape index (κ1) is 16.3. The van der Waals surface area contributed by atoms with Gasteiger partial charge >= 0.3 is 0 Å². The van der Waals surface area contributed by atoms with E-state index in [-0.39, 0.29) is 10.7 Å². The van der Waals surface area contributed by atoms with Crippen LogP contribution in [-0.2, 0) is 4.79 Å².